The molecule has 1 aromatic carbocycles. The number of aryl methyl sites for hydroxylation is 1. The quantitative estimate of drug-likeness (QED) is 0.729. The zero-order valence-electron chi connectivity index (χ0n) is 7.93. The molecule has 0 aliphatic carbocycles. The van der Waals surface area contributed by atoms with Crippen LogP contribution in [-0.4, -0.2) is 11.7 Å². The zero-order chi connectivity index (χ0) is 10.7. The van der Waals surface area contributed by atoms with Crippen molar-refractivity contribution in [1.29, 1.82) is 0 Å². The van der Waals surface area contributed by atoms with Crippen LogP contribution in [-0.2, 0) is 9.59 Å². The fourth-order valence-corrected chi connectivity index (χ4v) is 0.978. The Labute approximate surface area is 80.9 Å². The van der Waals surface area contributed by atoms with Crippen LogP contribution < -0.4 is 5.32 Å². The van der Waals surface area contributed by atoms with Gasteiger partial charge >= 0.3 is 0 Å². The number of carbonyl (C=O) groups is 2. The second-order valence-electron chi connectivity index (χ2n) is 2.97. The predicted octanol–water partition coefficient (Wildman–Crippen LogP) is 1.66. The smallest absolute Gasteiger partial charge is 0.291 e. The van der Waals surface area contributed by atoms with Crippen LogP contribution in [0.5, 0.6) is 0 Å². The average Bonchev–Trinajstić information content (AvgIpc) is 2.09. The fraction of sp³-hybridized carbons (Fsp3) is 0.200. The molecule has 3 nitrogen and oxygen atoms in total. The molecule has 0 fully saturated rings. The normalized spacial score (nSPS) is 9.64. The van der Waals surface area contributed by atoms with E-state index in [1.807, 2.05) is 0 Å². The third-order valence-electron chi connectivity index (χ3n) is 1.76. The van der Waals surface area contributed by atoms with Gasteiger partial charge in [-0.25, -0.2) is 4.39 Å². The molecular formula is C10H10FNO2. The monoisotopic (exact) mass is 195 g/mol. The summed E-state index contributed by atoms with van der Waals surface area (Å²) in [5.41, 5.74) is 1.03. The molecule has 0 saturated heterocycles. The van der Waals surface area contributed by atoms with Crippen molar-refractivity contribution >= 4 is 17.4 Å². The summed E-state index contributed by atoms with van der Waals surface area (Å²) >= 11 is 0. The highest BCUT2D eigenvalue weighted by Crippen LogP contribution is 2.15. The third-order valence-corrected chi connectivity index (χ3v) is 1.76. The number of carbonyl (C=O) groups excluding carboxylic acids is 2. The van der Waals surface area contributed by atoms with Gasteiger partial charge in [0.25, 0.3) is 5.91 Å². The number of rotatable bonds is 2. The van der Waals surface area contributed by atoms with Gasteiger partial charge in [0.2, 0.25) is 5.78 Å². The Bertz CT molecular complexity index is 388. The van der Waals surface area contributed by atoms with E-state index in [2.05, 4.69) is 5.32 Å². The second-order valence-corrected chi connectivity index (χ2v) is 2.97. The van der Waals surface area contributed by atoms with Crippen LogP contribution in [0.2, 0.25) is 0 Å². The van der Waals surface area contributed by atoms with E-state index in [1.54, 1.807) is 6.92 Å². The van der Waals surface area contributed by atoms with Gasteiger partial charge in [-0.2, -0.15) is 0 Å². The van der Waals surface area contributed by atoms with Crippen molar-refractivity contribution in [3.05, 3.63) is 29.6 Å². The summed E-state index contributed by atoms with van der Waals surface area (Å²) in [6, 6.07) is 3.93. The number of benzene rings is 1. The molecule has 0 bridgehead atoms. The number of amides is 1. The Hall–Kier alpha value is -1.71. The first-order valence-electron chi connectivity index (χ1n) is 4.09. The lowest BCUT2D eigenvalue weighted by Gasteiger charge is -2.05. The molecular weight excluding hydrogens is 185 g/mol. The van der Waals surface area contributed by atoms with Gasteiger partial charge in [0.15, 0.2) is 0 Å². The lowest BCUT2D eigenvalue weighted by molar-refractivity contribution is -0.133. The van der Waals surface area contributed by atoms with Gasteiger partial charge in [0, 0.05) is 12.6 Å². The van der Waals surface area contributed by atoms with Crippen LogP contribution in [0, 0.1) is 12.7 Å². The molecule has 0 spiro atoms. The standard InChI is InChI=1S/C10H10FNO2/c1-6-5-8(11)3-4-9(6)12-10(14)7(2)13/h3-5H,1-2H3,(H,12,14). The maximum absolute atomic E-state index is 12.7. The van der Waals surface area contributed by atoms with Gasteiger partial charge in [-0.1, -0.05) is 0 Å². The van der Waals surface area contributed by atoms with Crippen LogP contribution >= 0.6 is 0 Å². The van der Waals surface area contributed by atoms with Crippen molar-refractivity contribution in [2.45, 2.75) is 13.8 Å². The SMILES string of the molecule is CC(=O)C(=O)Nc1ccc(F)cc1C. The molecule has 1 rings (SSSR count). The number of hydrogen-bond donors (Lipinski definition) is 1. The molecule has 0 aliphatic heterocycles. The third kappa shape index (κ3) is 2.39. The Morgan fingerprint density at radius 2 is 2.00 bits per heavy atom. The number of anilines is 1. The van der Waals surface area contributed by atoms with Gasteiger partial charge in [-0.3, -0.25) is 9.59 Å². The largest absolute Gasteiger partial charge is 0.319 e. The number of halogens is 1. The topological polar surface area (TPSA) is 46.2 Å². The Kier molecular flexibility index (Phi) is 2.96. The Morgan fingerprint density at radius 1 is 1.36 bits per heavy atom. The molecule has 4 heteroatoms. The molecule has 74 valence electrons. The minimum atomic E-state index is -0.695. The van der Waals surface area contributed by atoms with E-state index in [-0.39, 0.29) is 5.82 Å². The predicted molar refractivity (Wildman–Crippen MR) is 50.4 cm³/mol. The highest BCUT2D eigenvalue weighted by atomic mass is 19.1. The molecule has 0 saturated carbocycles. The van der Waals surface area contributed by atoms with E-state index in [9.17, 15) is 14.0 Å². The van der Waals surface area contributed by atoms with Gasteiger partial charge < -0.3 is 5.32 Å². The molecule has 0 aromatic heterocycles. The first-order valence-corrected chi connectivity index (χ1v) is 4.09. The van der Waals surface area contributed by atoms with E-state index in [0.29, 0.717) is 11.3 Å². The van der Waals surface area contributed by atoms with Crippen LogP contribution in [0.15, 0.2) is 18.2 Å². The fourth-order valence-electron chi connectivity index (χ4n) is 0.978. The van der Waals surface area contributed by atoms with E-state index < -0.39 is 11.7 Å². The molecule has 14 heavy (non-hydrogen) atoms. The van der Waals surface area contributed by atoms with Crippen LogP contribution in [0.3, 0.4) is 0 Å². The summed E-state index contributed by atoms with van der Waals surface area (Å²) in [5, 5.41) is 2.38. The lowest BCUT2D eigenvalue weighted by atomic mass is 10.2. The molecule has 0 unspecified atom stereocenters. The maximum atomic E-state index is 12.7. The molecule has 1 amide bonds. The van der Waals surface area contributed by atoms with E-state index in [4.69, 9.17) is 0 Å². The van der Waals surface area contributed by atoms with Crippen molar-refractivity contribution in [2.24, 2.45) is 0 Å². The summed E-state index contributed by atoms with van der Waals surface area (Å²) in [6.07, 6.45) is 0. The number of Topliss-reactive ketones (excluding diaryl/α,β-unsaturated/α-hetero) is 1. The maximum Gasteiger partial charge on any atom is 0.291 e. The van der Waals surface area contributed by atoms with Crippen molar-refractivity contribution in [2.75, 3.05) is 5.32 Å². The van der Waals surface area contributed by atoms with Crippen molar-refractivity contribution < 1.29 is 14.0 Å². The number of nitrogens with one attached hydrogen (secondary N) is 1. The molecule has 1 aromatic rings. The van der Waals surface area contributed by atoms with Gasteiger partial charge in [0.05, 0.1) is 0 Å². The van der Waals surface area contributed by atoms with Crippen LogP contribution in [0.25, 0.3) is 0 Å². The van der Waals surface area contributed by atoms with E-state index in [1.165, 1.54) is 25.1 Å². The van der Waals surface area contributed by atoms with E-state index in [0.717, 1.165) is 0 Å². The van der Waals surface area contributed by atoms with Crippen molar-refractivity contribution in [3.63, 3.8) is 0 Å². The molecule has 0 aliphatic rings. The van der Waals surface area contributed by atoms with Crippen LogP contribution in [0.4, 0.5) is 10.1 Å². The summed E-state index contributed by atoms with van der Waals surface area (Å²) in [4.78, 5) is 21.6. The number of hydrogen-bond acceptors (Lipinski definition) is 2. The summed E-state index contributed by atoms with van der Waals surface area (Å²) in [7, 11) is 0. The van der Waals surface area contributed by atoms with Gasteiger partial charge in [0.1, 0.15) is 5.82 Å². The van der Waals surface area contributed by atoms with Crippen molar-refractivity contribution in [3.8, 4) is 0 Å². The van der Waals surface area contributed by atoms with Gasteiger partial charge in [-0.15, -0.1) is 0 Å². The van der Waals surface area contributed by atoms with Crippen molar-refractivity contribution in [1.82, 2.24) is 0 Å². The second kappa shape index (κ2) is 4.00. The first-order chi connectivity index (χ1) is 6.50. The highest BCUT2D eigenvalue weighted by Gasteiger charge is 2.09. The number of ketones is 1. The molecule has 0 atom stereocenters. The molecule has 0 heterocycles. The minimum Gasteiger partial charge on any atom is -0.319 e. The van der Waals surface area contributed by atoms with Gasteiger partial charge in [-0.05, 0) is 30.7 Å². The summed E-state index contributed by atoms with van der Waals surface area (Å²) in [6.45, 7) is 2.83. The minimum absolute atomic E-state index is 0.372. The Balaban J connectivity index is 2.87. The Morgan fingerprint density at radius 3 is 2.50 bits per heavy atom. The van der Waals surface area contributed by atoms with Crippen LogP contribution in [0.1, 0.15) is 12.5 Å². The zero-order valence-corrected chi connectivity index (χ0v) is 7.93. The highest BCUT2D eigenvalue weighted by molar-refractivity contribution is 6.39. The van der Waals surface area contributed by atoms with E-state index >= 15 is 0 Å². The lowest BCUT2D eigenvalue weighted by Crippen LogP contribution is -2.20. The average molecular weight is 195 g/mol. The molecule has 1 N–H and O–H groups in total. The summed E-state index contributed by atoms with van der Waals surface area (Å²) in [5.74, 6) is -1.64. The first kappa shape index (κ1) is 10.4. The molecule has 0 radical (unpaired) electrons. The summed E-state index contributed by atoms with van der Waals surface area (Å²) < 4.78 is 12.7.